The third-order valence-corrected chi connectivity index (χ3v) is 10.3. The summed E-state index contributed by atoms with van der Waals surface area (Å²) in [7, 11) is 1.47. The molecule has 9 heteroatoms. The first-order valence-electron chi connectivity index (χ1n) is 15.0. The van der Waals surface area contributed by atoms with Crippen LogP contribution in [-0.2, 0) is 21.6 Å². The minimum absolute atomic E-state index is 0.104. The lowest BCUT2D eigenvalue weighted by Crippen LogP contribution is -2.54. The lowest BCUT2D eigenvalue weighted by atomic mass is 9.48. The monoisotopic (exact) mass is 658 g/mol. The number of amides is 4. The Morgan fingerprint density at radius 1 is 0.977 bits per heavy atom. The van der Waals surface area contributed by atoms with Crippen molar-refractivity contribution >= 4 is 45.5 Å². The SMILES string of the molecule is COc1cc(/C=C2\C(=O)NC(=O)N(c3ccc(C45CC6CC(CC(C6)C4)C5)cc3)C2=O)cc(Br)c1OCc1cccc(F)c1. The van der Waals surface area contributed by atoms with E-state index in [2.05, 4.69) is 33.4 Å². The highest BCUT2D eigenvalue weighted by Gasteiger charge is 2.51. The van der Waals surface area contributed by atoms with Gasteiger partial charge in [-0.05, 0) is 137 Å². The molecule has 7 nitrogen and oxygen atoms in total. The number of methoxy groups -OCH3 is 1. The number of carbonyl (C=O) groups is 3. The number of hydrogen-bond donors (Lipinski definition) is 1. The number of urea groups is 1. The van der Waals surface area contributed by atoms with Crippen LogP contribution in [0.2, 0.25) is 0 Å². The molecule has 4 saturated carbocycles. The predicted octanol–water partition coefficient (Wildman–Crippen LogP) is 7.31. The highest BCUT2D eigenvalue weighted by molar-refractivity contribution is 9.10. The minimum atomic E-state index is -0.778. The third-order valence-electron chi connectivity index (χ3n) is 9.71. The highest BCUT2D eigenvalue weighted by atomic mass is 79.9. The Morgan fingerprint density at radius 2 is 1.66 bits per heavy atom. The van der Waals surface area contributed by atoms with Gasteiger partial charge in [0.25, 0.3) is 11.8 Å². The Labute approximate surface area is 263 Å². The van der Waals surface area contributed by atoms with E-state index in [1.165, 1.54) is 69.4 Å². The van der Waals surface area contributed by atoms with E-state index in [9.17, 15) is 18.8 Å². The van der Waals surface area contributed by atoms with E-state index in [1.54, 1.807) is 24.3 Å². The predicted molar refractivity (Wildman–Crippen MR) is 167 cm³/mol. The molecular weight excluding hydrogens is 627 g/mol. The Morgan fingerprint density at radius 3 is 2.30 bits per heavy atom. The van der Waals surface area contributed by atoms with E-state index < -0.39 is 17.8 Å². The zero-order valence-corrected chi connectivity index (χ0v) is 25.9. The summed E-state index contributed by atoms with van der Waals surface area (Å²) >= 11 is 3.49. The van der Waals surface area contributed by atoms with Gasteiger partial charge in [-0.15, -0.1) is 0 Å². The highest BCUT2D eigenvalue weighted by Crippen LogP contribution is 2.60. The summed E-state index contributed by atoms with van der Waals surface area (Å²) in [5.74, 6) is 1.31. The van der Waals surface area contributed by atoms with Crippen LogP contribution in [0.5, 0.6) is 11.5 Å². The van der Waals surface area contributed by atoms with Crippen LogP contribution in [0.15, 0.2) is 70.7 Å². The van der Waals surface area contributed by atoms with Crippen molar-refractivity contribution in [3.05, 3.63) is 93.2 Å². The molecule has 1 saturated heterocycles. The molecule has 4 aliphatic carbocycles. The molecule has 226 valence electrons. The molecule has 5 aliphatic rings. The quantitative estimate of drug-likeness (QED) is 0.213. The molecule has 0 aromatic heterocycles. The molecule has 1 N–H and O–H groups in total. The fourth-order valence-electron chi connectivity index (χ4n) is 8.23. The van der Waals surface area contributed by atoms with Gasteiger partial charge in [-0.1, -0.05) is 24.3 Å². The molecule has 44 heavy (non-hydrogen) atoms. The summed E-state index contributed by atoms with van der Waals surface area (Å²) in [4.78, 5) is 40.4. The van der Waals surface area contributed by atoms with Gasteiger partial charge in [0.1, 0.15) is 18.0 Å². The first kappa shape index (κ1) is 28.8. The molecule has 8 rings (SSSR count). The maximum Gasteiger partial charge on any atom is 0.335 e. The van der Waals surface area contributed by atoms with Crippen molar-refractivity contribution in [2.45, 2.75) is 50.5 Å². The topological polar surface area (TPSA) is 84.9 Å². The molecule has 4 amide bonds. The summed E-state index contributed by atoms with van der Waals surface area (Å²) in [6.07, 6.45) is 9.15. The van der Waals surface area contributed by atoms with E-state index >= 15 is 0 Å². The minimum Gasteiger partial charge on any atom is -0.493 e. The Kier molecular flexibility index (Phi) is 7.31. The van der Waals surface area contributed by atoms with Gasteiger partial charge in [-0.3, -0.25) is 14.9 Å². The molecule has 3 aromatic carbocycles. The first-order chi connectivity index (χ1) is 21.2. The number of anilines is 1. The van der Waals surface area contributed by atoms with Gasteiger partial charge in [-0.2, -0.15) is 0 Å². The molecule has 3 aromatic rings. The number of rotatable bonds is 7. The van der Waals surface area contributed by atoms with Crippen LogP contribution in [0.3, 0.4) is 0 Å². The van der Waals surface area contributed by atoms with Crippen LogP contribution in [0.25, 0.3) is 6.08 Å². The van der Waals surface area contributed by atoms with Crippen molar-refractivity contribution in [2.75, 3.05) is 12.0 Å². The van der Waals surface area contributed by atoms with E-state index in [1.807, 2.05) is 12.1 Å². The number of imide groups is 2. The number of hydrogen-bond acceptors (Lipinski definition) is 5. The van der Waals surface area contributed by atoms with E-state index in [0.717, 1.165) is 22.7 Å². The van der Waals surface area contributed by atoms with Crippen molar-refractivity contribution in [2.24, 2.45) is 17.8 Å². The molecule has 0 unspecified atom stereocenters. The zero-order valence-electron chi connectivity index (χ0n) is 24.3. The maximum atomic E-state index is 13.6. The largest absolute Gasteiger partial charge is 0.493 e. The van der Waals surface area contributed by atoms with Crippen LogP contribution in [0, 0.1) is 23.6 Å². The van der Waals surface area contributed by atoms with E-state index in [4.69, 9.17) is 9.47 Å². The molecule has 4 bridgehead atoms. The Balaban J connectivity index is 1.13. The molecule has 0 spiro atoms. The van der Waals surface area contributed by atoms with Crippen LogP contribution in [0.4, 0.5) is 14.9 Å². The number of benzene rings is 3. The van der Waals surface area contributed by atoms with E-state index in [-0.39, 0.29) is 23.4 Å². The zero-order chi connectivity index (χ0) is 30.6. The summed E-state index contributed by atoms with van der Waals surface area (Å²) in [5, 5.41) is 2.31. The van der Waals surface area contributed by atoms with Crippen LogP contribution >= 0.6 is 15.9 Å². The van der Waals surface area contributed by atoms with Gasteiger partial charge in [-0.25, -0.2) is 14.1 Å². The van der Waals surface area contributed by atoms with Gasteiger partial charge < -0.3 is 9.47 Å². The smallest absolute Gasteiger partial charge is 0.335 e. The maximum absolute atomic E-state index is 13.6. The lowest BCUT2D eigenvalue weighted by molar-refractivity contribution is -0.122. The number of ether oxygens (including phenoxy) is 2. The van der Waals surface area contributed by atoms with Gasteiger partial charge in [0.2, 0.25) is 0 Å². The van der Waals surface area contributed by atoms with Crippen molar-refractivity contribution < 1.29 is 28.2 Å². The molecule has 1 aliphatic heterocycles. The van der Waals surface area contributed by atoms with Gasteiger partial charge in [0.05, 0.1) is 17.3 Å². The third kappa shape index (κ3) is 5.21. The molecule has 1 heterocycles. The average Bonchev–Trinajstić information content (AvgIpc) is 2.98. The van der Waals surface area contributed by atoms with Crippen molar-refractivity contribution in [3.63, 3.8) is 0 Å². The average molecular weight is 660 g/mol. The second-order valence-electron chi connectivity index (χ2n) is 12.7. The second kappa shape index (κ2) is 11.2. The molecule has 0 atom stereocenters. The van der Waals surface area contributed by atoms with Gasteiger partial charge in [0, 0.05) is 0 Å². The van der Waals surface area contributed by atoms with Crippen molar-refractivity contribution in [1.82, 2.24) is 5.32 Å². The fourth-order valence-corrected chi connectivity index (χ4v) is 8.81. The molecule has 0 radical (unpaired) electrons. The second-order valence-corrected chi connectivity index (χ2v) is 13.5. The van der Waals surface area contributed by atoms with Crippen LogP contribution in [0.1, 0.15) is 55.2 Å². The number of barbiturate groups is 1. The molecule has 5 fully saturated rings. The normalized spacial score (nSPS) is 26.7. The van der Waals surface area contributed by atoms with Crippen molar-refractivity contribution in [3.8, 4) is 11.5 Å². The fraction of sp³-hybridized carbons (Fsp3) is 0.343. The summed E-state index contributed by atoms with van der Waals surface area (Å²) < 4.78 is 25.5. The summed E-state index contributed by atoms with van der Waals surface area (Å²) in [6, 6.07) is 16.4. The number of halogens is 2. The van der Waals surface area contributed by atoms with Gasteiger partial charge >= 0.3 is 6.03 Å². The number of nitrogens with zero attached hydrogens (tertiary/aromatic N) is 1. The summed E-state index contributed by atoms with van der Waals surface area (Å²) in [6.45, 7) is 0.104. The van der Waals surface area contributed by atoms with Gasteiger partial charge in [0.15, 0.2) is 11.5 Å². The summed E-state index contributed by atoms with van der Waals surface area (Å²) in [5.41, 5.74) is 2.84. The molecular formula is C35H32BrFN2O5. The van der Waals surface area contributed by atoms with Crippen LogP contribution < -0.4 is 19.7 Å². The standard InChI is InChI=1S/C35H32BrFN2O5/c1-43-30-15-21(14-29(36)31(30)44-19-20-3-2-4-26(37)12-20)13-28-32(40)38-34(42)39(33(28)41)27-7-5-25(6-8-27)35-16-22-9-23(17-35)11-24(10-22)18-35/h2-8,12-15,22-24H,9-11,16-19H2,1H3,(H,38,40,42)/b28-13+. The number of nitrogens with one attached hydrogen (secondary N) is 1. The van der Waals surface area contributed by atoms with Crippen molar-refractivity contribution in [1.29, 1.82) is 0 Å². The number of carbonyl (C=O) groups excluding carboxylic acids is 3. The Bertz CT molecular complexity index is 1670. The first-order valence-corrected chi connectivity index (χ1v) is 15.8. The van der Waals surface area contributed by atoms with Crippen LogP contribution in [-0.4, -0.2) is 25.0 Å². The Hall–Kier alpha value is -3.98. The van der Waals surface area contributed by atoms with E-state index in [0.29, 0.717) is 32.8 Å². The lowest BCUT2D eigenvalue weighted by Gasteiger charge is -2.57.